The van der Waals surface area contributed by atoms with Crippen molar-refractivity contribution < 1.29 is 9.84 Å². The van der Waals surface area contributed by atoms with Gasteiger partial charge in [0.15, 0.2) is 11.5 Å². The van der Waals surface area contributed by atoms with Crippen molar-refractivity contribution in [3.8, 4) is 17.6 Å². The molecule has 0 bridgehead atoms. The van der Waals surface area contributed by atoms with Crippen molar-refractivity contribution in [2.24, 2.45) is 0 Å². The van der Waals surface area contributed by atoms with Gasteiger partial charge >= 0.3 is 0 Å². The van der Waals surface area contributed by atoms with Crippen molar-refractivity contribution >= 4 is 44.8 Å². The van der Waals surface area contributed by atoms with Crippen LogP contribution in [-0.4, -0.2) is 17.2 Å². The summed E-state index contributed by atoms with van der Waals surface area (Å²) in [6, 6.07) is 13.1. The van der Waals surface area contributed by atoms with Crippen molar-refractivity contribution in [3.05, 3.63) is 52.0 Å². The molecule has 4 nitrogen and oxygen atoms in total. The number of aromatic nitrogens is 1. The molecule has 1 aromatic heterocycles. The van der Waals surface area contributed by atoms with Crippen LogP contribution in [0.25, 0.3) is 21.9 Å². The van der Waals surface area contributed by atoms with Crippen LogP contribution >= 0.6 is 22.9 Å². The molecule has 0 atom stereocenters. The van der Waals surface area contributed by atoms with Crippen LogP contribution in [-0.2, 0) is 0 Å². The second-order valence-electron chi connectivity index (χ2n) is 4.71. The zero-order valence-electron chi connectivity index (χ0n) is 12.1. The molecule has 3 rings (SSSR count). The fourth-order valence-corrected chi connectivity index (χ4v) is 3.28. The van der Waals surface area contributed by atoms with Gasteiger partial charge in [-0.25, -0.2) is 4.98 Å². The van der Waals surface area contributed by atoms with Crippen molar-refractivity contribution in [2.45, 2.75) is 0 Å². The van der Waals surface area contributed by atoms with Gasteiger partial charge in [-0.3, -0.25) is 0 Å². The number of phenolic OH excluding ortho intramolecular Hbond substituents is 1. The number of para-hydroxylation sites is 1. The van der Waals surface area contributed by atoms with Gasteiger partial charge < -0.3 is 9.84 Å². The third-order valence-electron chi connectivity index (χ3n) is 3.23. The lowest BCUT2D eigenvalue weighted by molar-refractivity contribution is 0.373. The highest BCUT2D eigenvalue weighted by Gasteiger charge is 2.11. The second kappa shape index (κ2) is 6.29. The quantitative estimate of drug-likeness (QED) is 0.699. The number of aromatic hydroxyl groups is 1. The van der Waals surface area contributed by atoms with Crippen molar-refractivity contribution in [2.75, 3.05) is 7.11 Å². The van der Waals surface area contributed by atoms with Crippen molar-refractivity contribution in [1.29, 1.82) is 5.26 Å². The molecule has 0 spiro atoms. The number of nitrogens with zero attached hydrogens (tertiary/aromatic N) is 2. The predicted molar refractivity (Wildman–Crippen MR) is 92.8 cm³/mol. The van der Waals surface area contributed by atoms with E-state index in [2.05, 4.69) is 11.1 Å². The molecule has 0 aliphatic heterocycles. The Morgan fingerprint density at radius 1 is 1.39 bits per heavy atom. The van der Waals surface area contributed by atoms with Gasteiger partial charge in [-0.05, 0) is 35.9 Å². The Hall–Kier alpha value is -2.55. The Kier molecular flexibility index (Phi) is 4.20. The highest BCUT2D eigenvalue weighted by Crippen LogP contribution is 2.36. The molecule has 0 saturated heterocycles. The summed E-state index contributed by atoms with van der Waals surface area (Å²) in [5.74, 6) is 0.134. The number of hydrogen-bond donors (Lipinski definition) is 1. The summed E-state index contributed by atoms with van der Waals surface area (Å²) >= 11 is 7.43. The van der Waals surface area contributed by atoms with Gasteiger partial charge in [0.25, 0.3) is 0 Å². The van der Waals surface area contributed by atoms with Crippen LogP contribution in [0.5, 0.6) is 11.5 Å². The lowest BCUT2D eigenvalue weighted by Crippen LogP contribution is -1.87. The molecule has 0 aliphatic rings. The molecule has 0 amide bonds. The second-order valence-corrected chi connectivity index (χ2v) is 6.15. The van der Waals surface area contributed by atoms with E-state index < -0.39 is 0 Å². The molecule has 23 heavy (non-hydrogen) atoms. The fraction of sp³-hybridized carbons (Fsp3) is 0.0588. The van der Waals surface area contributed by atoms with E-state index in [0.717, 1.165) is 10.2 Å². The average molecular weight is 343 g/mol. The van der Waals surface area contributed by atoms with Gasteiger partial charge in [0.2, 0.25) is 0 Å². The maximum Gasteiger partial charge on any atom is 0.176 e. The molecule has 1 heterocycles. The fourth-order valence-electron chi connectivity index (χ4n) is 2.13. The highest BCUT2D eigenvalue weighted by molar-refractivity contribution is 7.19. The number of allylic oxidation sites excluding steroid dienone is 1. The minimum atomic E-state index is -0.121. The molecule has 114 valence electrons. The molecule has 0 saturated carbocycles. The topological polar surface area (TPSA) is 66.1 Å². The maximum absolute atomic E-state index is 9.77. The third kappa shape index (κ3) is 3.00. The van der Waals surface area contributed by atoms with Crippen LogP contribution in [0.15, 0.2) is 36.4 Å². The third-order valence-corrected chi connectivity index (χ3v) is 4.58. The van der Waals surface area contributed by atoms with Gasteiger partial charge in [0, 0.05) is 0 Å². The van der Waals surface area contributed by atoms with Crippen LogP contribution in [0.1, 0.15) is 10.6 Å². The van der Waals surface area contributed by atoms with Gasteiger partial charge in [-0.2, -0.15) is 5.26 Å². The molecule has 0 fully saturated rings. The number of benzene rings is 2. The number of halogens is 1. The van der Waals surface area contributed by atoms with Crippen LogP contribution in [0.3, 0.4) is 0 Å². The lowest BCUT2D eigenvalue weighted by atomic mass is 10.1. The smallest absolute Gasteiger partial charge is 0.176 e. The average Bonchev–Trinajstić information content (AvgIpc) is 2.99. The summed E-state index contributed by atoms with van der Waals surface area (Å²) in [5, 5.41) is 20.0. The Morgan fingerprint density at radius 2 is 2.17 bits per heavy atom. The van der Waals surface area contributed by atoms with E-state index >= 15 is 0 Å². The van der Waals surface area contributed by atoms with Crippen LogP contribution in [0.2, 0.25) is 5.02 Å². The predicted octanol–water partition coefficient (Wildman–Crippen LogP) is 4.73. The van der Waals surface area contributed by atoms with E-state index in [1.165, 1.54) is 18.4 Å². The molecule has 3 aromatic rings. The minimum absolute atomic E-state index is 0.121. The monoisotopic (exact) mass is 342 g/mol. The van der Waals surface area contributed by atoms with Crippen LogP contribution in [0.4, 0.5) is 0 Å². The number of methoxy groups -OCH3 is 1. The summed E-state index contributed by atoms with van der Waals surface area (Å²) in [6.45, 7) is 0. The summed E-state index contributed by atoms with van der Waals surface area (Å²) in [4.78, 5) is 4.48. The summed E-state index contributed by atoms with van der Waals surface area (Å²) < 4.78 is 6.09. The lowest BCUT2D eigenvalue weighted by Gasteiger charge is -2.06. The first-order valence-corrected chi connectivity index (χ1v) is 7.86. The van der Waals surface area contributed by atoms with E-state index in [-0.39, 0.29) is 16.5 Å². The maximum atomic E-state index is 9.77. The number of hydrogen-bond acceptors (Lipinski definition) is 5. The van der Waals surface area contributed by atoms with Gasteiger partial charge in [0.1, 0.15) is 11.1 Å². The number of rotatable bonds is 3. The molecular formula is C17H11ClN2O2S. The van der Waals surface area contributed by atoms with Crippen LogP contribution in [0, 0.1) is 11.3 Å². The van der Waals surface area contributed by atoms with Crippen LogP contribution < -0.4 is 4.74 Å². The van der Waals surface area contributed by atoms with E-state index in [1.807, 2.05) is 24.3 Å². The number of nitriles is 1. The minimum Gasteiger partial charge on any atom is -0.503 e. The van der Waals surface area contributed by atoms with Gasteiger partial charge in [-0.15, -0.1) is 11.3 Å². The first-order valence-electron chi connectivity index (χ1n) is 6.66. The number of ether oxygens (including phenoxy) is 1. The molecule has 2 aromatic carbocycles. The molecule has 0 radical (unpaired) electrons. The summed E-state index contributed by atoms with van der Waals surface area (Å²) in [6.07, 6.45) is 1.67. The first kappa shape index (κ1) is 15.3. The van der Waals surface area contributed by atoms with Gasteiger partial charge in [-0.1, -0.05) is 23.7 Å². The standard InChI is InChI=1S/C17H11ClN2O2S/c1-22-14-8-10(7-12(18)16(14)21)6-11(9-19)17-20-13-4-2-3-5-15(13)23-17/h2-8,21H,1H3/b11-6-. The number of fused-ring (bicyclic) bond motifs is 1. The van der Waals surface area contributed by atoms with Gasteiger partial charge in [0.05, 0.1) is 27.9 Å². The van der Waals surface area contributed by atoms with E-state index in [4.69, 9.17) is 16.3 Å². The summed E-state index contributed by atoms with van der Waals surface area (Å²) in [7, 11) is 1.44. The number of thiazole rings is 1. The van der Waals surface area contributed by atoms with E-state index in [1.54, 1.807) is 18.2 Å². The highest BCUT2D eigenvalue weighted by atomic mass is 35.5. The molecular weight excluding hydrogens is 332 g/mol. The van der Waals surface area contributed by atoms with E-state index in [0.29, 0.717) is 16.1 Å². The zero-order valence-corrected chi connectivity index (χ0v) is 13.6. The molecule has 0 aliphatic carbocycles. The van der Waals surface area contributed by atoms with E-state index in [9.17, 15) is 10.4 Å². The van der Waals surface area contributed by atoms with Crippen molar-refractivity contribution in [1.82, 2.24) is 4.98 Å². The largest absolute Gasteiger partial charge is 0.503 e. The normalized spacial score (nSPS) is 11.4. The Morgan fingerprint density at radius 3 is 2.87 bits per heavy atom. The molecule has 6 heteroatoms. The first-order chi connectivity index (χ1) is 11.1. The zero-order chi connectivity index (χ0) is 16.4. The number of phenols is 1. The molecule has 1 N–H and O–H groups in total. The Bertz CT molecular complexity index is 924. The SMILES string of the molecule is COc1cc(/C=C(/C#N)c2nc3ccccc3s2)cc(Cl)c1O. The molecule has 0 unspecified atom stereocenters. The Labute approximate surface area is 141 Å². The Balaban J connectivity index is 2.09. The van der Waals surface area contributed by atoms with Crippen molar-refractivity contribution in [3.63, 3.8) is 0 Å². The summed E-state index contributed by atoms with van der Waals surface area (Å²) in [5.41, 5.74) is 1.94.